The first-order chi connectivity index (χ1) is 12.7. The Morgan fingerprint density at radius 2 is 2.12 bits per heavy atom. The number of para-hydroxylation sites is 1. The molecule has 26 heavy (non-hydrogen) atoms. The van der Waals surface area contributed by atoms with E-state index in [0.29, 0.717) is 17.5 Å². The predicted octanol–water partition coefficient (Wildman–Crippen LogP) is 2.27. The number of nitrogens with zero attached hydrogens (tertiary/aromatic N) is 1. The van der Waals surface area contributed by atoms with E-state index >= 15 is 0 Å². The maximum atomic E-state index is 11.5. The van der Waals surface area contributed by atoms with E-state index in [1.165, 1.54) is 11.3 Å². The smallest absolute Gasteiger partial charge is 0.248 e. The number of fused-ring (bicyclic) bond motifs is 1. The SMILES string of the molecule is NC(=O)c1cccc(CN2CC(CC3COCCN3)c3ccccc32)c1. The van der Waals surface area contributed by atoms with Gasteiger partial charge >= 0.3 is 0 Å². The van der Waals surface area contributed by atoms with Gasteiger partial charge in [0.15, 0.2) is 0 Å². The average Bonchev–Trinajstić information content (AvgIpc) is 3.00. The maximum absolute atomic E-state index is 11.5. The molecule has 2 atom stereocenters. The summed E-state index contributed by atoms with van der Waals surface area (Å²) in [5.74, 6) is 0.111. The molecule has 0 bridgehead atoms. The van der Waals surface area contributed by atoms with Crippen molar-refractivity contribution in [3.8, 4) is 0 Å². The molecular formula is C21H25N3O2. The minimum Gasteiger partial charge on any atom is -0.379 e. The number of carbonyl (C=O) groups excluding carboxylic acids is 1. The molecule has 2 aliphatic rings. The molecule has 2 aromatic rings. The lowest BCUT2D eigenvalue weighted by Gasteiger charge is -2.26. The Morgan fingerprint density at radius 3 is 2.92 bits per heavy atom. The number of nitrogens with one attached hydrogen (secondary N) is 1. The first-order valence-electron chi connectivity index (χ1n) is 9.24. The van der Waals surface area contributed by atoms with Crippen molar-refractivity contribution in [3.63, 3.8) is 0 Å². The molecule has 2 aliphatic heterocycles. The van der Waals surface area contributed by atoms with Gasteiger partial charge in [0.05, 0.1) is 13.2 Å². The van der Waals surface area contributed by atoms with E-state index in [-0.39, 0.29) is 5.91 Å². The fraction of sp³-hybridized carbons (Fsp3) is 0.381. The Morgan fingerprint density at radius 1 is 1.23 bits per heavy atom. The van der Waals surface area contributed by atoms with Crippen molar-refractivity contribution < 1.29 is 9.53 Å². The van der Waals surface area contributed by atoms with Crippen molar-refractivity contribution in [1.29, 1.82) is 0 Å². The minimum absolute atomic E-state index is 0.380. The molecule has 136 valence electrons. The van der Waals surface area contributed by atoms with Gasteiger partial charge in [0.25, 0.3) is 0 Å². The number of primary amides is 1. The topological polar surface area (TPSA) is 67.6 Å². The van der Waals surface area contributed by atoms with Gasteiger partial charge < -0.3 is 20.7 Å². The van der Waals surface area contributed by atoms with Crippen LogP contribution < -0.4 is 16.0 Å². The van der Waals surface area contributed by atoms with Crippen LogP contribution in [0.15, 0.2) is 48.5 Å². The lowest BCUT2D eigenvalue weighted by Crippen LogP contribution is -2.42. The van der Waals surface area contributed by atoms with Crippen LogP contribution in [0.25, 0.3) is 0 Å². The summed E-state index contributed by atoms with van der Waals surface area (Å²) in [5.41, 5.74) is 9.79. The van der Waals surface area contributed by atoms with Crippen LogP contribution in [0.5, 0.6) is 0 Å². The normalized spacial score (nSPS) is 22.2. The summed E-state index contributed by atoms with van der Waals surface area (Å²) in [5, 5.41) is 3.57. The molecule has 0 aromatic heterocycles. The third-order valence-corrected chi connectivity index (χ3v) is 5.31. The Bertz CT molecular complexity index is 786. The Hall–Kier alpha value is -2.37. The van der Waals surface area contributed by atoms with Gasteiger partial charge in [0, 0.05) is 42.8 Å². The van der Waals surface area contributed by atoms with Gasteiger partial charge in [-0.1, -0.05) is 30.3 Å². The number of hydrogen-bond donors (Lipinski definition) is 2. The van der Waals surface area contributed by atoms with E-state index in [9.17, 15) is 4.79 Å². The fourth-order valence-corrected chi connectivity index (χ4v) is 4.09. The van der Waals surface area contributed by atoms with Crippen LogP contribution in [0.1, 0.15) is 33.8 Å². The van der Waals surface area contributed by atoms with Crippen molar-refractivity contribution >= 4 is 11.6 Å². The number of morpholine rings is 1. The third-order valence-electron chi connectivity index (χ3n) is 5.31. The first kappa shape index (κ1) is 17.1. The van der Waals surface area contributed by atoms with Crippen molar-refractivity contribution in [3.05, 3.63) is 65.2 Å². The lowest BCUT2D eigenvalue weighted by molar-refractivity contribution is 0.0722. The van der Waals surface area contributed by atoms with E-state index < -0.39 is 0 Å². The molecule has 0 radical (unpaired) electrons. The molecule has 0 saturated carbocycles. The molecule has 2 unspecified atom stereocenters. The molecule has 2 heterocycles. The van der Waals surface area contributed by atoms with E-state index in [1.807, 2.05) is 12.1 Å². The fourth-order valence-electron chi connectivity index (χ4n) is 4.09. The molecule has 3 N–H and O–H groups in total. The zero-order chi connectivity index (χ0) is 17.9. The molecule has 5 nitrogen and oxygen atoms in total. The van der Waals surface area contributed by atoms with Crippen molar-refractivity contribution in [1.82, 2.24) is 5.32 Å². The molecule has 0 aliphatic carbocycles. The largest absolute Gasteiger partial charge is 0.379 e. The number of rotatable bonds is 5. The van der Waals surface area contributed by atoms with Crippen LogP contribution in [0, 0.1) is 0 Å². The summed E-state index contributed by atoms with van der Waals surface area (Å²) in [6.45, 7) is 4.30. The highest BCUT2D eigenvalue weighted by Gasteiger charge is 2.30. The Balaban J connectivity index is 1.52. The highest BCUT2D eigenvalue weighted by atomic mass is 16.5. The number of benzene rings is 2. The van der Waals surface area contributed by atoms with Gasteiger partial charge in [-0.2, -0.15) is 0 Å². The van der Waals surface area contributed by atoms with Crippen molar-refractivity contribution in [2.75, 3.05) is 31.2 Å². The van der Waals surface area contributed by atoms with Gasteiger partial charge in [-0.05, 0) is 35.7 Å². The second-order valence-corrected chi connectivity index (χ2v) is 7.16. The van der Waals surface area contributed by atoms with Crippen LogP contribution in [-0.2, 0) is 11.3 Å². The van der Waals surface area contributed by atoms with Gasteiger partial charge in [-0.25, -0.2) is 0 Å². The quantitative estimate of drug-likeness (QED) is 0.867. The maximum Gasteiger partial charge on any atom is 0.248 e. The van der Waals surface area contributed by atoms with Gasteiger partial charge in [0.1, 0.15) is 0 Å². The summed E-state index contributed by atoms with van der Waals surface area (Å²) >= 11 is 0. The molecule has 2 aromatic carbocycles. The monoisotopic (exact) mass is 351 g/mol. The number of nitrogens with two attached hydrogens (primary N) is 1. The number of ether oxygens (including phenoxy) is 1. The summed E-state index contributed by atoms with van der Waals surface area (Å²) in [6, 6.07) is 16.7. The highest BCUT2D eigenvalue weighted by molar-refractivity contribution is 5.92. The molecular weight excluding hydrogens is 326 g/mol. The molecule has 1 saturated heterocycles. The number of amides is 1. The van der Waals surface area contributed by atoms with Crippen LogP contribution in [0.4, 0.5) is 5.69 Å². The number of carbonyl (C=O) groups is 1. The summed E-state index contributed by atoms with van der Waals surface area (Å²) in [4.78, 5) is 13.9. The summed E-state index contributed by atoms with van der Waals surface area (Å²) < 4.78 is 5.62. The predicted molar refractivity (Wildman–Crippen MR) is 102 cm³/mol. The van der Waals surface area contributed by atoms with Crippen molar-refractivity contribution in [2.24, 2.45) is 5.73 Å². The second-order valence-electron chi connectivity index (χ2n) is 7.16. The zero-order valence-corrected chi connectivity index (χ0v) is 14.9. The molecule has 1 fully saturated rings. The summed E-state index contributed by atoms with van der Waals surface area (Å²) in [7, 11) is 0. The van der Waals surface area contributed by atoms with E-state index in [0.717, 1.165) is 44.8 Å². The molecule has 0 spiro atoms. The molecule has 4 rings (SSSR count). The van der Waals surface area contributed by atoms with Crippen LogP contribution >= 0.6 is 0 Å². The number of hydrogen-bond acceptors (Lipinski definition) is 4. The van der Waals surface area contributed by atoms with Gasteiger partial charge in [0.2, 0.25) is 5.91 Å². The van der Waals surface area contributed by atoms with Crippen LogP contribution in [0.2, 0.25) is 0 Å². The molecule has 5 heteroatoms. The Kier molecular flexibility index (Phi) is 4.91. The Labute approximate surface area is 154 Å². The van der Waals surface area contributed by atoms with Crippen LogP contribution in [0.3, 0.4) is 0 Å². The third kappa shape index (κ3) is 3.59. The summed E-state index contributed by atoms with van der Waals surface area (Å²) in [6.07, 6.45) is 1.08. The average molecular weight is 351 g/mol. The second kappa shape index (κ2) is 7.48. The lowest BCUT2D eigenvalue weighted by atomic mass is 9.94. The first-order valence-corrected chi connectivity index (χ1v) is 9.24. The highest BCUT2D eigenvalue weighted by Crippen LogP contribution is 2.39. The van der Waals surface area contributed by atoms with Crippen molar-refractivity contribution in [2.45, 2.75) is 24.9 Å². The van der Waals surface area contributed by atoms with E-state index in [1.54, 1.807) is 6.07 Å². The van der Waals surface area contributed by atoms with Crippen LogP contribution in [-0.4, -0.2) is 38.3 Å². The van der Waals surface area contributed by atoms with Gasteiger partial charge in [-0.15, -0.1) is 0 Å². The zero-order valence-electron chi connectivity index (χ0n) is 14.9. The number of anilines is 1. The minimum atomic E-state index is -0.380. The molecule has 1 amide bonds. The standard InChI is InChI=1S/C21H25N3O2/c22-21(25)16-5-3-4-15(10-16)12-24-13-17(11-18-14-26-9-8-23-18)19-6-1-2-7-20(19)24/h1-7,10,17-18,23H,8-9,11-14H2,(H2,22,25). The van der Waals surface area contributed by atoms with Gasteiger partial charge in [-0.3, -0.25) is 4.79 Å². The van der Waals surface area contributed by atoms with E-state index in [2.05, 4.69) is 40.5 Å². The van der Waals surface area contributed by atoms with E-state index in [4.69, 9.17) is 10.5 Å².